The summed E-state index contributed by atoms with van der Waals surface area (Å²) in [5, 5.41) is 13.9. The number of rotatable bonds is 12. The summed E-state index contributed by atoms with van der Waals surface area (Å²) in [4.78, 5) is 47.2. The molecule has 0 aliphatic carbocycles. The molecule has 0 bridgehead atoms. The standard InChI is InChI=1S/C21H25Cl2N5O3.C17H19BrCl2N4O2.C5H13N/c1-14-20(23)21(27-7-3-4-18(27)29)24-28(14)13-19(30)26-10-8-25(9-11-26)15-5-6-16(22)17(12-15)31-2;1-11-16(20)17(18)21-24(11)10-15(25)23-7-5-22(6-8-23)12-3-4-13(19)14(9-12)26-2;1-3-4-5-6-2/h5-6,12H,3-4,7-11,13H2,1-2H3;3-4,9H,5-8,10H2,1-2H3;6H,3-5H2,1-2H3. The number of unbranched alkanes of at least 4 members (excludes halogenated alkanes) is 1. The van der Waals surface area contributed by atoms with Gasteiger partial charge in [0.05, 0.1) is 40.7 Å². The molecule has 0 unspecified atom stereocenters. The molecule has 0 atom stereocenters. The minimum absolute atomic E-state index is 0.0186. The Bertz CT molecular complexity index is 2190. The minimum Gasteiger partial charge on any atom is -0.495 e. The van der Waals surface area contributed by atoms with Gasteiger partial charge < -0.3 is 34.4 Å². The molecule has 3 fully saturated rings. The van der Waals surface area contributed by atoms with Gasteiger partial charge in [-0.15, -0.1) is 0 Å². The lowest BCUT2D eigenvalue weighted by molar-refractivity contribution is -0.133. The number of carbonyl (C=O) groups is 3. The normalized spacial score (nSPS) is 15.2. The highest BCUT2D eigenvalue weighted by molar-refractivity contribution is 9.10. The van der Waals surface area contributed by atoms with Gasteiger partial charge in [-0.1, -0.05) is 59.7 Å². The number of hydrogen-bond donors (Lipinski definition) is 1. The van der Waals surface area contributed by atoms with Crippen LogP contribution in [0.25, 0.3) is 0 Å². The lowest BCUT2D eigenvalue weighted by Gasteiger charge is -2.36. The van der Waals surface area contributed by atoms with Crippen molar-refractivity contribution in [3.63, 3.8) is 0 Å². The monoisotopic (exact) mass is 1010 g/mol. The Morgan fingerprint density at radius 2 is 1.21 bits per heavy atom. The van der Waals surface area contributed by atoms with Crippen molar-refractivity contribution in [3.8, 4) is 11.5 Å². The van der Waals surface area contributed by atoms with Crippen molar-refractivity contribution in [2.24, 2.45) is 0 Å². The van der Waals surface area contributed by atoms with Crippen molar-refractivity contribution in [2.75, 3.05) is 101 Å². The maximum Gasteiger partial charge on any atom is 0.244 e. The van der Waals surface area contributed by atoms with Crippen LogP contribution in [0.15, 0.2) is 41.0 Å². The molecule has 3 amide bonds. The number of amides is 3. The number of anilines is 3. The van der Waals surface area contributed by atoms with Gasteiger partial charge >= 0.3 is 0 Å². The van der Waals surface area contributed by atoms with E-state index in [9.17, 15) is 14.4 Å². The average Bonchev–Trinajstić information content (AvgIpc) is 3.92. The molecule has 4 aromatic rings. The highest BCUT2D eigenvalue weighted by atomic mass is 79.9. The summed E-state index contributed by atoms with van der Waals surface area (Å²) in [6.45, 7) is 13.4. The summed E-state index contributed by atoms with van der Waals surface area (Å²) in [7, 11) is 5.18. The van der Waals surface area contributed by atoms with Gasteiger partial charge in [-0.3, -0.25) is 28.6 Å². The minimum atomic E-state index is -0.0186. The number of nitrogens with zero attached hydrogens (tertiary/aromatic N) is 9. The molecule has 3 aliphatic heterocycles. The molecule has 2 aromatic heterocycles. The zero-order valence-electron chi connectivity index (χ0n) is 36.7. The Morgan fingerprint density at radius 3 is 1.59 bits per heavy atom. The smallest absolute Gasteiger partial charge is 0.244 e. The number of aromatic nitrogens is 4. The lowest BCUT2D eigenvalue weighted by atomic mass is 10.2. The van der Waals surface area contributed by atoms with Crippen LogP contribution in [0.3, 0.4) is 0 Å². The van der Waals surface area contributed by atoms with Crippen LogP contribution in [-0.4, -0.2) is 134 Å². The number of methoxy groups -OCH3 is 2. The number of halogens is 5. The fourth-order valence-electron chi connectivity index (χ4n) is 7.28. The van der Waals surface area contributed by atoms with E-state index in [2.05, 4.69) is 48.2 Å². The SMILES string of the molecule is CCCCNC.COc1cc(N2CCN(C(=O)Cn3nc(Br)c(Cl)c3C)CC2)ccc1Cl.COc1cc(N2CCN(C(=O)Cn3nc(N4CCCC4=O)c(Cl)c3C)CC2)ccc1Cl. The molecule has 0 saturated carbocycles. The first kappa shape index (κ1) is 50.1. The number of hydrogen-bond acceptors (Lipinski definition) is 10. The second-order valence-electron chi connectivity index (χ2n) is 15.2. The summed E-state index contributed by atoms with van der Waals surface area (Å²) in [5.74, 6) is 1.78. The topological polar surface area (TPSA) is 134 Å². The van der Waals surface area contributed by atoms with Crippen molar-refractivity contribution >= 4 is 97.2 Å². The molecule has 5 heterocycles. The van der Waals surface area contributed by atoms with Crippen LogP contribution < -0.4 is 29.5 Å². The third-order valence-corrected chi connectivity index (χ3v) is 13.5. The van der Waals surface area contributed by atoms with E-state index in [4.69, 9.17) is 55.9 Å². The van der Waals surface area contributed by atoms with Crippen LogP contribution in [0.5, 0.6) is 11.5 Å². The third kappa shape index (κ3) is 12.9. The first-order valence-electron chi connectivity index (χ1n) is 21.0. The van der Waals surface area contributed by atoms with E-state index < -0.39 is 0 Å². The predicted octanol–water partition coefficient (Wildman–Crippen LogP) is 7.61. The van der Waals surface area contributed by atoms with Gasteiger partial charge in [0.1, 0.15) is 34.2 Å². The highest BCUT2D eigenvalue weighted by Crippen LogP contribution is 2.33. The average molecular weight is 1020 g/mol. The van der Waals surface area contributed by atoms with E-state index in [0.717, 1.165) is 43.1 Å². The van der Waals surface area contributed by atoms with Crippen molar-refractivity contribution < 1.29 is 23.9 Å². The van der Waals surface area contributed by atoms with Crippen LogP contribution in [0.1, 0.15) is 44.0 Å². The Balaban J connectivity index is 0.000000213. The van der Waals surface area contributed by atoms with Crippen LogP contribution in [0.4, 0.5) is 17.2 Å². The molecule has 7 rings (SSSR count). The molecule has 0 radical (unpaired) electrons. The zero-order valence-corrected chi connectivity index (χ0v) is 41.3. The Labute approximate surface area is 398 Å². The fourth-order valence-corrected chi connectivity index (χ4v) is 8.52. The Hall–Kier alpha value is -3.93. The van der Waals surface area contributed by atoms with Gasteiger partial charge in [0.15, 0.2) is 5.82 Å². The summed E-state index contributed by atoms with van der Waals surface area (Å²) in [6.07, 6.45) is 3.89. The molecule has 2 aromatic carbocycles. The Kier molecular flexibility index (Phi) is 18.9. The summed E-state index contributed by atoms with van der Waals surface area (Å²) < 4.78 is 14.4. The number of piperazine rings is 2. The van der Waals surface area contributed by atoms with Crippen molar-refractivity contribution in [3.05, 3.63) is 72.5 Å². The summed E-state index contributed by atoms with van der Waals surface area (Å²) in [6, 6.07) is 11.4. The lowest BCUT2D eigenvalue weighted by Crippen LogP contribution is -2.49. The van der Waals surface area contributed by atoms with Gasteiger partial charge in [0, 0.05) is 88.8 Å². The summed E-state index contributed by atoms with van der Waals surface area (Å²) >= 11 is 28.0. The molecule has 20 heteroatoms. The van der Waals surface area contributed by atoms with Gasteiger partial charge in [-0.05, 0) is 80.5 Å². The molecule has 3 aliphatic rings. The van der Waals surface area contributed by atoms with Gasteiger partial charge in [-0.25, -0.2) is 0 Å². The van der Waals surface area contributed by atoms with E-state index >= 15 is 0 Å². The van der Waals surface area contributed by atoms with E-state index in [1.54, 1.807) is 28.5 Å². The number of benzene rings is 2. The van der Waals surface area contributed by atoms with Crippen molar-refractivity contribution in [1.82, 2.24) is 34.7 Å². The van der Waals surface area contributed by atoms with E-state index in [1.807, 2.05) is 67.1 Å². The van der Waals surface area contributed by atoms with E-state index in [0.29, 0.717) is 99.9 Å². The van der Waals surface area contributed by atoms with Crippen LogP contribution in [0.2, 0.25) is 20.1 Å². The number of carbonyl (C=O) groups excluding carboxylic acids is 3. The van der Waals surface area contributed by atoms with Crippen molar-refractivity contribution in [2.45, 2.75) is 59.5 Å². The molecule has 344 valence electrons. The third-order valence-electron chi connectivity index (χ3n) is 11.2. The first-order valence-corrected chi connectivity index (χ1v) is 23.3. The Morgan fingerprint density at radius 1 is 0.730 bits per heavy atom. The molecule has 1 N–H and O–H groups in total. The van der Waals surface area contributed by atoms with Crippen LogP contribution >= 0.6 is 62.3 Å². The number of ether oxygens (including phenoxy) is 2. The number of nitrogens with one attached hydrogen (secondary N) is 1. The second-order valence-corrected chi connectivity index (χ2v) is 17.5. The molecule has 3 saturated heterocycles. The predicted molar refractivity (Wildman–Crippen MR) is 256 cm³/mol. The first-order chi connectivity index (χ1) is 30.2. The second kappa shape index (κ2) is 23.8. The van der Waals surface area contributed by atoms with Crippen LogP contribution in [-0.2, 0) is 27.5 Å². The van der Waals surface area contributed by atoms with Crippen LogP contribution in [0, 0.1) is 13.8 Å². The molecule has 0 spiro atoms. The van der Waals surface area contributed by atoms with Gasteiger partial charge in [0.25, 0.3) is 0 Å². The maximum atomic E-state index is 12.9. The quantitative estimate of drug-likeness (QED) is 0.142. The van der Waals surface area contributed by atoms with Gasteiger partial charge in [-0.2, -0.15) is 10.2 Å². The van der Waals surface area contributed by atoms with Gasteiger partial charge in [0.2, 0.25) is 17.7 Å². The molecular formula is C43H57BrCl4N10O5. The largest absolute Gasteiger partial charge is 0.495 e. The van der Waals surface area contributed by atoms with E-state index in [1.165, 1.54) is 12.8 Å². The molecule has 15 nitrogen and oxygen atoms in total. The molecule has 63 heavy (non-hydrogen) atoms. The molecular weight excluding hydrogens is 958 g/mol. The fraction of sp³-hybridized carbons (Fsp3) is 0.512. The van der Waals surface area contributed by atoms with E-state index in [-0.39, 0.29) is 30.8 Å². The maximum absolute atomic E-state index is 12.9. The summed E-state index contributed by atoms with van der Waals surface area (Å²) in [5.41, 5.74) is 3.52. The highest BCUT2D eigenvalue weighted by Gasteiger charge is 2.30. The zero-order chi connectivity index (χ0) is 45.8. The van der Waals surface area contributed by atoms with Crippen molar-refractivity contribution in [1.29, 1.82) is 0 Å².